The first-order chi connectivity index (χ1) is 8.58. The van der Waals surface area contributed by atoms with E-state index >= 15 is 0 Å². The van der Waals surface area contributed by atoms with Crippen molar-refractivity contribution in [3.63, 3.8) is 0 Å². The van der Waals surface area contributed by atoms with Crippen molar-refractivity contribution in [2.45, 2.75) is 19.3 Å². The van der Waals surface area contributed by atoms with Crippen LogP contribution in [-0.2, 0) is 0 Å². The standard InChI is InChI=1S/C12H15Br2N3O/c13-9-6-8(15)7-10(14)11(9)16-12(18)17-4-2-1-3-5-17/h6-7H,1-5,15H2,(H,16,18). The van der Waals surface area contributed by atoms with Crippen LogP contribution in [0, 0.1) is 0 Å². The maximum absolute atomic E-state index is 12.1. The predicted octanol–water partition coefficient (Wildman–Crippen LogP) is 3.81. The van der Waals surface area contributed by atoms with E-state index in [2.05, 4.69) is 37.2 Å². The molecule has 98 valence electrons. The second kappa shape index (κ2) is 5.93. The zero-order chi connectivity index (χ0) is 13.1. The predicted molar refractivity (Wildman–Crippen MR) is 80.7 cm³/mol. The average molecular weight is 377 g/mol. The first-order valence-corrected chi connectivity index (χ1v) is 7.47. The minimum Gasteiger partial charge on any atom is -0.399 e. The molecule has 1 aromatic carbocycles. The number of likely N-dealkylation sites (tertiary alicyclic amines) is 1. The van der Waals surface area contributed by atoms with Gasteiger partial charge in [-0.1, -0.05) is 0 Å². The number of anilines is 2. The molecule has 0 aliphatic carbocycles. The lowest BCUT2D eigenvalue weighted by atomic mass is 10.1. The topological polar surface area (TPSA) is 58.4 Å². The fourth-order valence-corrected chi connectivity index (χ4v) is 3.42. The third kappa shape index (κ3) is 3.17. The van der Waals surface area contributed by atoms with Gasteiger partial charge in [0.1, 0.15) is 0 Å². The highest BCUT2D eigenvalue weighted by Crippen LogP contribution is 2.33. The Morgan fingerprint density at radius 2 is 1.72 bits per heavy atom. The first kappa shape index (κ1) is 13.7. The van der Waals surface area contributed by atoms with E-state index in [0.29, 0.717) is 5.69 Å². The molecule has 1 aliphatic rings. The lowest BCUT2D eigenvalue weighted by Gasteiger charge is -2.27. The number of amides is 2. The lowest BCUT2D eigenvalue weighted by molar-refractivity contribution is 0.200. The van der Waals surface area contributed by atoms with Gasteiger partial charge in [-0.2, -0.15) is 0 Å². The van der Waals surface area contributed by atoms with Crippen molar-refractivity contribution in [3.8, 4) is 0 Å². The van der Waals surface area contributed by atoms with Crippen molar-refractivity contribution in [1.82, 2.24) is 4.90 Å². The Bertz CT molecular complexity index is 436. The molecule has 1 saturated heterocycles. The van der Waals surface area contributed by atoms with E-state index in [0.717, 1.165) is 40.6 Å². The highest BCUT2D eigenvalue weighted by molar-refractivity contribution is 9.11. The van der Waals surface area contributed by atoms with Crippen LogP contribution in [0.5, 0.6) is 0 Å². The van der Waals surface area contributed by atoms with E-state index in [1.165, 1.54) is 6.42 Å². The molecule has 0 saturated carbocycles. The van der Waals surface area contributed by atoms with Gasteiger partial charge in [-0.25, -0.2) is 4.79 Å². The van der Waals surface area contributed by atoms with E-state index in [1.54, 1.807) is 12.1 Å². The number of nitrogens with two attached hydrogens (primary N) is 1. The van der Waals surface area contributed by atoms with Crippen LogP contribution in [0.25, 0.3) is 0 Å². The number of rotatable bonds is 1. The second-order valence-electron chi connectivity index (χ2n) is 4.34. The van der Waals surface area contributed by atoms with Gasteiger partial charge in [0.05, 0.1) is 5.69 Å². The molecular formula is C12H15Br2N3O. The van der Waals surface area contributed by atoms with E-state index in [-0.39, 0.29) is 6.03 Å². The van der Waals surface area contributed by atoms with Gasteiger partial charge in [-0.3, -0.25) is 0 Å². The number of halogens is 2. The molecule has 0 radical (unpaired) electrons. The Labute approximate surface area is 123 Å². The lowest BCUT2D eigenvalue weighted by Crippen LogP contribution is -2.38. The van der Waals surface area contributed by atoms with Gasteiger partial charge < -0.3 is 16.0 Å². The minimum absolute atomic E-state index is 0.0547. The quantitative estimate of drug-likeness (QED) is 0.732. The Kier molecular flexibility index (Phi) is 4.50. The molecule has 2 amide bonds. The van der Waals surface area contributed by atoms with Crippen molar-refractivity contribution in [1.29, 1.82) is 0 Å². The van der Waals surface area contributed by atoms with Crippen molar-refractivity contribution < 1.29 is 4.79 Å². The fourth-order valence-electron chi connectivity index (χ4n) is 2.00. The molecule has 1 heterocycles. The number of hydrogen-bond donors (Lipinski definition) is 2. The summed E-state index contributed by atoms with van der Waals surface area (Å²) in [5, 5.41) is 2.91. The van der Waals surface area contributed by atoms with Crippen molar-refractivity contribution in [3.05, 3.63) is 21.1 Å². The van der Waals surface area contributed by atoms with Gasteiger partial charge in [0.15, 0.2) is 0 Å². The SMILES string of the molecule is Nc1cc(Br)c(NC(=O)N2CCCCC2)c(Br)c1. The smallest absolute Gasteiger partial charge is 0.321 e. The monoisotopic (exact) mass is 375 g/mol. The van der Waals surface area contributed by atoms with Crippen molar-refractivity contribution in [2.75, 3.05) is 24.1 Å². The zero-order valence-corrected chi connectivity index (χ0v) is 13.1. The van der Waals surface area contributed by atoms with Gasteiger partial charge in [0.25, 0.3) is 0 Å². The van der Waals surface area contributed by atoms with Crippen molar-refractivity contribution >= 4 is 49.3 Å². The summed E-state index contributed by atoms with van der Waals surface area (Å²) in [6.07, 6.45) is 3.37. The van der Waals surface area contributed by atoms with Crippen LogP contribution in [0.1, 0.15) is 19.3 Å². The van der Waals surface area contributed by atoms with E-state index in [9.17, 15) is 4.79 Å². The summed E-state index contributed by atoms with van der Waals surface area (Å²) < 4.78 is 1.56. The Morgan fingerprint density at radius 3 is 2.28 bits per heavy atom. The summed E-state index contributed by atoms with van der Waals surface area (Å²) in [5.41, 5.74) is 7.08. The van der Waals surface area contributed by atoms with Crippen molar-refractivity contribution in [2.24, 2.45) is 0 Å². The number of carbonyl (C=O) groups is 1. The van der Waals surface area contributed by atoms with E-state index in [4.69, 9.17) is 5.73 Å². The average Bonchev–Trinajstić information content (AvgIpc) is 2.34. The van der Waals surface area contributed by atoms with Crippen LogP contribution < -0.4 is 11.1 Å². The molecular weight excluding hydrogens is 362 g/mol. The molecule has 0 aromatic heterocycles. The molecule has 1 aliphatic heterocycles. The summed E-state index contributed by atoms with van der Waals surface area (Å²) >= 11 is 6.81. The van der Waals surface area contributed by atoms with Gasteiger partial charge in [0, 0.05) is 27.7 Å². The summed E-state index contributed by atoms with van der Waals surface area (Å²) in [6.45, 7) is 1.66. The fraction of sp³-hybridized carbons (Fsp3) is 0.417. The van der Waals surface area contributed by atoms with E-state index < -0.39 is 0 Å². The van der Waals surface area contributed by atoms with Gasteiger partial charge in [0.2, 0.25) is 0 Å². The molecule has 0 spiro atoms. The van der Waals surface area contributed by atoms with Crippen LogP contribution in [0.2, 0.25) is 0 Å². The number of benzene rings is 1. The van der Waals surface area contributed by atoms with Crippen LogP contribution >= 0.6 is 31.9 Å². The normalized spacial score (nSPS) is 15.6. The molecule has 3 N–H and O–H groups in total. The number of nitrogens with zero attached hydrogens (tertiary/aromatic N) is 1. The molecule has 0 atom stereocenters. The number of piperidine rings is 1. The number of carbonyl (C=O) groups excluding carboxylic acids is 1. The number of hydrogen-bond acceptors (Lipinski definition) is 2. The van der Waals surface area contributed by atoms with Gasteiger partial charge >= 0.3 is 6.03 Å². The molecule has 0 unspecified atom stereocenters. The number of nitrogens with one attached hydrogen (secondary N) is 1. The highest BCUT2D eigenvalue weighted by atomic mass is 79.9. The summed E-state index contributed by atoms with van der Waals surface area (Å²) in [5.74, 6) is 0. The first-order valence-electron chi connectivity index (χ1n) is 5.88. The molecule has 2 rings (SSSR count). The maximum atomic E-state index is 12.1. The minimum atomic E-state index is -0.0547. The molecule has 4 nitrogen and oxygen atoms in total. The molecule has 18 heavy (non-hydrogen) atoms. The zero-order valence-electron chi connectivity index (χ0n) is 9.88. The Morgan fingerprint density at radius 1 is 1.17 bits per heavy atom. The van der Waals surface area contributed by atoms with Crippen LogP contribution in [0.3, 0.4) is 0 Å². The molecule has 6 heteroatoms. The third-order valence-electron chi connectivity index (χ3n) is 2.94. The third-order valence-corrected chi connectivity index (χ3v) is 4.19. The van der Waals surface area contributed by atoms with Gasteiger partial charge in [-0.15, -0.1) is 0 Å². The van der Waals surface area contributed by atoms with Crippen LogP contribution in [0.15, 0.2) is 21.1 Å². The molecule has 0 bridgehead atoms. The van der Waals surface area contributed by atoms with E-state index in [1.807, 2.05) is 4.90 Å². The van der Waals surface area contributed by atoms with Crippen LogP contribution in [-0.4, -0.2) is 24.0 Å². The summed E-state index contributed by atoms with van der Waals surface area (Å²) in [6, 6.07) is 3.49. The molecule has 1 fully saturated rings. The Balaban J connectivity index is 2.11. The maximum Gasteiger partial charge on any atom is 0.321 e. The van der Waals surface area contributed by atoms with Crippen LogP contribution in [0.4, 0.5) is 16.2 Å². The second-order valence-corrected chi connectivity index (χ2v) is 6.05. The molecule has 1 aromatic rings. The Hall–Kier alpha value is -0.750. The number of nitrogen functional groups attached to an aromatic ring is 1. The van der Waals surface area contributed by atoms with Gasteiger partial charge in [-0.05, 0) is 63.3 Å². The number of urea groups is 1. The highest BCUT2D eigenvalue weighted by Gasteiger charge is 2.18. The summed E-state index contributed by atoms with van der Waals surface area (Å²) in [4.78, 5) is 13.9. The summed E-state index contributed by atoms with van der Waals surface area (Å²) in [7, 11) is 0. The largest absolute Gasteiger partial charge is 0.399 e.